The van der Waals surface area contributed by atoms with Crippen molar-refractivity contribution in [3.8, 4) is 0 Å². The van der Waals surface area contributed by atoms with E-state index in [-0.39, 0.29) is 5.91 Å². The summed E-state index contributed by atoms with van der Waals surface area (Å²) >= 11 is 0. The highest BCUT2D eigenvalue weighted by Crippen LogP contribution is 2.18. The van der Waals surface area contributed by atoms with Gasteiger partial charge in [-0.1, -0.05) is 36.4 Å². The van der Waals surface area contributed by atoms with E-state index in [2.05, 4.69) is 45.0 Å². The third kappa shape index (κ3) is 3.98. The monoisotopic (exact) mass is 356 g/mol. The van der Waals surface area contributed by atoms with Gasteiger partial charge in [0.1, 0.15) is 5.82 Å². The zero-order chi connectivity index (χ0) is 18.5. The van der Waals surface area contributed by atoms with Crippen molar-refractivity contribution in [1.82, 2.24) is 9.97 Å². The van der Waals surface area contributed by atoms with Crippen LogP contribution in [-0.2, 0) is 6.42 Å². The quantitative estimate of drug-likeness (QED) is 0.477. The van der Waals surface area contributed by atoms with E-state index in [1.807, 2.05) is 36.4 Å². The van der Waals surface area contributed by atoms with Gasteiger partial charge in [0, 0.05) is 29.2 Å². The number of hydrogen-bond acceptors (Lipinski definition) is 3. The summed E-state index contributed by atoms with van der Waals surface area (Å²) in [6.07, 6.45) is 4.62. The number of benzene rings is 2. The van der Waals surface area contributed by atoms with Crippen LogP contribution in [-0.4, -0.2) is 22.4 Å². The third-order valence-electron chi connectivity index (χ3n) is 4.43. The predicted molar refractivity (Wildman–Crippen MR) is 109 cm³/mol. The molecule has 0 atom stereocenters. The molecule has 2 aromatic heterocycles. The van der Waals surface area contributed by atoms with Crippen LogP contribution in [0.15, 0.2) is 79.1 Å². The van der Waals surface area contributed by atoms with Gasteiger partial charge < -0.3 is 15.6 Å². The number of fused-ring (bicyclic) bond motifs is 1. The smallest absolute Gasteiger partial charge is 0.255 e. The van der Waals surface area contributed by atoms with Crippen molar-refractivity contribution < 1.29 is 4.79 Å². The average Bonchev–Trinajstić information content (AvgIpc) is 3.13. The van der Waals surface area contributed by atoms with Gasteiger partial charge in [-0.3, -0.25) is 4.79 Å². The molecule has 0 aliphatic heterocycles. The number of hydrogen-bond donors (Lipinski definition) is 3. The van der Waals surface area contributed by atoms with Crippen molar-refractivity contribution in [2.24, 2.45) is 0 Å². The first-order valence-corrected chi connectivity index (χ1v) is 8.91. The Labute approximate surface area is 157 Å². The Morgan fingerprint density at radius 2 is 1.78 bits per heavy atom. The number of aromatic amines is 1. The van der Waals surface area contributed by atoms with Crippen molar-refractivity contribution in [1.29, 1.82) is 0 Å². The van der Waals surface area contributed by atoms with E-state index in [0.29, 0.717) is 11.3 Å². The van der Waals surface area contributed by atoms with E-state index in [1.54, 1.807) is 18.3 Å². The highest BCUT2D eigenvalue weighted by Gasteiger charge is 2.06. The van der Waals surface area contributed by atoms with Crippen molar-refractivity contribution in [3.63, 3.8) is 0 Å². The lowest BCUT2D eigenvalue weighted by atomic mass is 10.1. The number of anilines is 2. The van der Waals surface area contributed by atoms with E-state index >= 15 is 0 Å². The number of carbonyl (C=O) groups excluding carboxylic acids is 1. The summed E-state index contributed by atoms with van der Waals surface area (Å²) in [5.41, 5.74) is 3.73. The molecule has 0 radical (unpaired) electrons. The highest BCUT2D eigenvalue weighted by molar-refractivity contribution is 6.04. The molecule has 0 bridgehead atoms. The maximum absolute atomic E-state index is 12.2. The molecule has 0 spiro atoms. The van der Waals surface area contributed by atoms with Crippen molar-refractivity contribution in [3.05, 3.63) is 90.3 Å². The predicted octanol–water partition coefficient (Wildman–Crippen LogP) is 4.47. The lowest BCUT2D eigenvalue weighted by Gasteiger charge is -2.08. The first-order chi connectivity index (χ1) is 13.3. The van der Waals surface area contributed by atoms with Crippen molar-refractivity contribution in [2.75, 3.05) is 17.2 Å². The van der Waals surface area contributed by atoms with Crippen LogP contribution in [0.4, 0.5) is 11.5 Å². The summed E-state index contributed by atoms with van der Waals surface area (Å²) in [6.45, 7) is 0.782. The summed E-state index contributed by atoms with van der Waals surface area (Å²) in [7, 11) is 0. The van der Waals surface area contributed by atoms with Gasteiger partial charge in [-0.05, 0) is 42.3 Å². The molecule has 0 saturated heterocycles. The maximum atomic E-state index is 12.2. The minimum atomic E-state index is -0.141. The van der Waals surface area contributed by atoms with Crippen LogP contribution >= 0.6 is 0 Å². The molecule has 0 unspecified atom stereocenters. The maximum Gasteiger partial charge on any atom is 0.255 e. The SMILES string of the molecule is O=C(Nc1ccc(NCCc2c[nH]c3ccccc23)nc1)c1ccccc1. The Kier molecular flexibility index (Phi) is 4.83. The molecule has 1 amide bonds. The zero-order valence-electron chi connectivity index (χ0n) is 14.8. The second-order valence-corrected chi connectivity index (χ2v) is 6.29. The third-order valence-corrected chi connectivity index (χ3v) is 4.43. The zero-order valence-corrected chi connectivity index (χ0v) is 14.8. The average molecular weight is 356 g/mol. The highest BCUT2D eigenvalue weighted by atomic mass is 16.1. The summed E-state index contributed by atoms with van der Waals surface area (Å²) < 4.78 is 0. The molecule has 0 saturated carbocycles. The number of pyridine rings is 1. The number of aromatic nitrogens is 2. The largest absolute Gasteiger partial charge is 0.370 e. The molecule has 2 heterocycles. The molecular weight excluding hydrogens is 336 g/mol. The van der Waals surface area contributed by atoms with Gasteiger partial charge in [-0.2, -0.15) is 0 Å². The fourth-order valence-corrected chi connectivity index (χ4v) is 3.03. The fraction of sp³-hybridized carbons (Fsp3) is 0.0909. The van der Waals surface area contributed by atoms with Crippen LogP contribution < -0.4 is 10.6 Å². The second-order valence-electron chi connectivity index (χ2n) is 6.29. The van der Waals surface area contributed by atoms with Crippen LogP contribution in [0.3, 0.4) is 0 Å². The van der Waals surface area contributed by atoms with Gasteiger partial charge in [0.15, 0.2) is 0 Å². The van der Waals surface area contributed by atoms with Crippen LogP contribution in [0.2, 0.25) is 0 Å². The normalized spacial score (nSPS) is 10.7. The lowest BCUT2D eigenvalue weighted by molar-refractivity contribution is 0.102. The number of nitrogens with zero attached hydrogens (tertiary/aromatic N) is 1. The van der Waals surface area contributed by atoms with E-state index in [9.17, 15) is 4.79 Å². The fourth-order valence-electron chi connectivity index (χ4n) is 3.03. The number of amides is 1. The standard InChI is InChI=1S/C22H20N4O/c27-22(16-6-2-1-3-7-16)26-18-10-11-21(25-15-18)23-13-12-17-14-24-20-9-5-4-8-19(17)20/h1-11,14-15,24H,12-13H2,(H,23,25)(H,26,27). The Balaban J connectivity index is 1.32. The molecule has 4 rings (SSSR count). The minimum Gasteiger partial charge on any atom is -0.370 e. The van der Waals surface area contributed by atoms with E-state index in [1.165, 1.54) is 10.9 Å². The Morgan fingerprint density at radius 1 is 0.963 bits per heavy atom. The number of nitrogens with one attached hydrogen (secondary N) is 3. The van der Waals surface area contributed by atoms with Crippen LogP contribution in [0, 0.1) is 0 Å². The summed E-state index contributed by atoms with van der Waals surface area (Å²) in [6, 6.07) is 21.1. The van der Waals surface area contributed by atoms with Crippen molar-refractivity contribution >= 4 is 28.3 Å². The molecule has 4 aromatic rings. The number of H-pyrrole nitrogens is 1. The Bertz CT molecular complexity index is 1040. The Morgan fingerprint density at radius 3 is 2.59 bits per heavy atom. The molecule has 0 fully saturated rings. The molecule has 27 heavy (non-hydrogen) atoms. The summed E-state index contributed by atoms with van der Waals surface area (Å²) in [5, 5.41) is 7.43. The first-order valence-electron chi connectivity index (χ1n) is 8.91. The lowest BCUT2D eigenvalue weighted by Crippen LogP contribution is -2.12. The van der Waals surface area contributed by atoms with Gasteiger partial charge in [0.05, 0.1) is 11.9 Å². The van der Waals surface area contributed by atoms with E-state index in [0.717, 1.165) is 24.3 Å². The van der Waals surface area contributed by atoms with Gasteiger partial charge in [-0.25, -0.2) is 4.98 Å². The molecule has 3 N–H and O–H groups in total. The molecule has 2 aromatic carbocycles. The van der Waals surface area contributed by atoms with Gasteiger partial charge in [-0.15, -0.1) is 0 Å². The second kappa shape index (κ2) is 7.74. The minimum absolute atomic E-state index is 0.141. The van der Waals surface area contributed by atoms with Gasteiger partial charge in [0.25, 0.3) is 5.91 Å². The molecule has 0 aliphatic carbocycles. The van der Waals surface area contributed by atoms with E-state index in [4.69, 9.17) is 0 Å². The molecule has 5 nitrogen and oxygen atoms in total. The molecule has 134 valence electrons. The summed E-state index contributed by atoms with van der Waals surface area (Å²) in [4.78, 5) is 19.8. The van der Waals surface area contributed by atoms with Crippen LogP contribution in [0.5, 0.6) is 0 Å². The van der Waals surface area contributed by atoms with Crippen LogP contribution in [0.1, 0.15) is 15.9 Å². The first kappa shape index (κ1) is 16.8. The van der Waals surface area contributed by atoms with Gasteiger partial charge >= 0.3 is 0 Å². The number of rotatable bonds is 6. The van der Waals surface area contributed by atoms with Crippen LogP contribution in [0.25, 0.3) is 10.9 Å². The number of para-hydroxylation sites is 1. The van der Waals surface area contributed by atoms with E-state index < -0.39 is 0 Å². The molecular formula is C22H20N4O. The summed E-state index contributed by atoms with van der Waals surface area (Å²) in [5.74, 6) is 0.644. The van der Waals surface area contributed by atoms with Crippen molar-refractivity contribution in [2.45, 2.75) is 6.42 Å². The Hall–Kier alpha value is -3.60. The topological polar surface area (TPSA) is 69.8 Å². The molecule has 5 heteroatoms. The number of carbonyl (C=O) groups is 1. The van der Waals surface area contributed by atoms with Gasteiger partial charge in [0.2, 0.25) is 0 Å². The molecule has 0 aliphatic rings.